The summed E-state index contributed by atoms with van der Waals surface area (Å²) in [5.74, 6) is 0.137. The normalized spacial score (nSPS) is 14.5. The van der Waals surface area contributed by atoms with Crippen molar-refractivity contribution in [3.05, 3.63) is 0 Å². The smallest absolute Gasteiger partial charge is 0.462 e. The third-order valence-electron chi connectivity index (χ3n) is 16.2. The summed E-state index contributed by atoms with van der Waals surface area (Å²) in [5.41, 5.74) is 0. The molecular weight excluding hydrogens is 1160 g/mol. The molecule has 0 spiro atoms. The number of rotatable bonds is 67. The second-order valence-electron chi connectivity index (χ2n) is 26.1. The topological polar surface area (TPSA) is 237 Å². The van der Waals surface area contributed by atoms with E-state index in [0.29, 0.717) is 25.7 Å². The van der Waals surface area contributed by atoms with E-state index in [0.717, 1.165) is 108 Å². The van der Waals surface area contributed by atoms with Crippen molar-refractivity contribution in [2.24, 2.45) is 17.8 Å². The van der Waals surface area contributed by atoms with Gasteiger partial charge in [-0.2, -0.15) is 0 Å². The fraction of sp³-hybridized carbons (Fsp3) is 0.942. The molecule has 17 nitrogen and oxygen atoms in total. The van der Waals surface area contributed by atoms with Crippen LogP contribution < -0.4 is 0 Å². The molecule has 0 saturated carbocycles. The molecule has 0 heterocycles. The Labute approximate surface area is 537 Å². The molecule has 0 aromatic carbocycles. The molecule has 0 rings (SSSR count). The molecule has 0 aromatic heterocycles. The molecule has 0 fully saturated rings. The summed E-state index contributed by atoms with van der Waals surface area (Å²) in [6.45, 7) is 11.8. The maximum Gasteiger partial charge on any atom is 0.472 e. The summed E-state index contributed by atoms with van der Waals surface area (Å²) in [7, 11) is -9.90. The van der Waals surface area contributed by atoms with Gasteiger partial charge in [-0.05, 0) is 43.4 Å². The fourth-order valence-corrected chi connectivity index (χ4v) is 11.9. The first-order chi connectivity index (χ1) is 42.3. The summed E-state index contributed by atoms with van der Waals surface area (Å²) < 4.78 is 68.2. The Bertz CT molecular complexity index is 1730. The van der Waals surface area contributed by atoms with Crippen molar-refractivity contribution in [1.82, 2.24) is 0 Å². The Hall–Kier alpha value is -1.94. The summed E-state index contributed by atoms with van der Waals surface area (Å²) in [6.07, 6.45) is 42.9. The van der Waals surface area contributed by atoms with Crippen LogP contribution in [0.1, 0.15) is 344 Å². The largest absolute Gasteiger partial charge is 0.472 e. The molecule has 3 N–H and O–H groups in total. The minimum Gasteiger partial charge on any atom is -0.462 e. The number of carbonyl (C=O) groups excluding carboxylic acids is 4. The molecule has 0 radical (unpaired) electrons. The van der Waals surface area contributed by atoms with E-state index in [1.54, 1.807) is 0 Å². The van der Waals surface area contributed by atoms with Gasteiger partial charge in [0, 0.05) is 25.7 Å². The minimum atomic E-state index is -4.95. The van der Waals surface area contributed by atoms with E-state index in [1.807, 2.05) is 0 Å². The van der Waals surface area contributed by atoms with Gasteiger partial charge in [-0.3, -0.25) is 37.3 Å². The van der Waals surface area contributed by atoms with E-state index in [-0.39, 0.29) is 25.7 Å². The highest BCUT2D eigenvalue weighted by atomic mass is 31.2. The van der Waals surface area contributed by atoms with Crippen molar-refractivity contribution in [1.29, 1.82) is 0 Å². The van der Waals surface area contributed by atoms with Crippen molar-refractivity contribution in [3.63, 3.8) is 0 Å². The van der Waals surface area contributed by atoms with Crippen molar-refractivity contribution >= 4 is 39.5 Å². The molecule has 0 saturated heterocycles. The van der Waals surface area contributed by atoms with Crippen molar-refractivity contribution in [2.75, 3.05) is 39.6 Å². The number of esters is 4. The molecule has 0 aromatic rings. The average molecular weight is 1300 g/mol. The maximum absolute atomic E-state index is 13.0. The first-order valence-electron chi connectivity index (χ1n) is 35.9. The predicted molar refractivity (Wildman–Crippen MR) is 354 cm³/mol. The molecule has 6 atom stereocenters. The highest BCUT2D eigenvalue weighted by Gasteiger charge is 2.30. The molecule has 522 valence electrons. The van der Waals surface area contributed by atoms with Crippen LogP contribution in [0.5, 0.6) is 0 Å². The summed E-state index contributed by atoms with van der Waals surface area (Å²) in [4.78, 5) is 72.5. The Kier molecular flexibility index (Phi) is 58.7. The third kappa shape index (κ3) is 61.6. The Morgan fingerprint density at radius 2 is 0.580 bits per heavy atom. The zero-order chi connectivity index (χ0) is 65.2. The van der Waals surface area contributed by atoms with E-state index >= 15 is 0 Å². The van der Waals surface area contributed by atoms with Gasteiger partial charge in [0.2, 0.25) is 0 Å². The van der Waals surface area contributed by atoms with Gasteiger partial charge in [-0.15, -0.1) is 0 Å². The first kappa shape index (κ1) is 86.1. The van der Waals surface area contributed by atoms with Gasteiger partial charge in [0.15, 0.2) is 12.2 Å². The zero-order valence-electron chi connectivity index (χ0n) is 57.2. The molecule has 19 heteroatoms. The number of unbranched alkanes of at least 4 members (excludes halogenated alkanes) is 34. The Morgan fingerprint density at radius 1 is 0.330 bits per heavy atom. The quantitative estimate of drug-likeness (QED) is 0.0222. The van der Waals surface area contributed by atoms with Gasteiger partial charge in [-0.1, -0.05) is 292 Å². The van der Waals surface area contributed by atoms with Crippen LogP contribution in [0.2, 0.25) is 0 Å². The zero-order valence-corrected chi connectivity index (χ0v) is 59.0. The SMILES string of the molecule is CCCCCCCCCCCCCC(=O)OC[C@H](COP(=O)(O)OC[C@H](O)COP(=O)(O)OC[C@@H](COC(=O)CCCCCCCCCCCC(C)C)OC(=O)CCCCCCCCCCCCC(C)C)OC(=O)CCCCCCCCCCC(C)CC. The number of aliphatic hydroxyl groups is 1. The van der Waals surface area contributed by atoms with E-state index in [1.165, 1.54) is 154 Å². The van der Waals surface area contributed by atoms with Crippen LogP contribution in [0, 0.1) is 17.8 Å². The number of phosphoric ester groups is 2. The van der Waals surface area contributed by atoms with Gasteiger partial charge >= 0.3 is 39.5 Å². The second kappa shape index (κ2) is 60.0. The van der Waals surface area contributed by atoms with E-state index in [4.69, 9.17) is 37.0 Å². The number of carbonyl (C=O) groups is 4. The monoisotopic (exact) mass is 1300 g/mol. The maximum atomic E-state index is 13.0. The summed E-state index contributed by atoms with van der Waals surface area (Å²) in [5, 5.41) is 10.6. The van der Waals surface area contributed by atoms with Crippen LogP contribution in [0.4, 0.5) is 0 Å². The minimum absolute atomic E-state index is 0.105. The fourth-order valence-electron chi connectivity index (χ4n) is 10.3. The van der Waals surface area contributed by atoms with E-state index in [2.05, 4.69) is 48.5 Å². The van der Waals surface area contributed by atoms with Crippen LogP contribution in [-0.2, 0) is 65.4 Å². The molecule has 3 unspecified atom stereocenters. The third-order valence-corrected chi connectivity index (χ3v) is 18.1. The lowest BCUT2D eigenvalue weighted by atomic mass is 9.99. The van der Waals surface area contributed by atoms with Crippen LogP contribution in [0.15, 0.2) is 0 Å². The van der Waals surface area contributed by atoms with Crippen LogP contribution in [-0.4, -0.2) is 96.7 Å². The Balaban J connectivity index is 5.27. The van der Waals surface area contributed by atoms with Gasteiger partial charge in [0.25, 0.3) is 0 Å². The second-order valence-corrected chi connectivity index (χ2v) is 29.0. The summed E-state index contributed by atoms with van der Waals surface area (Å²) in [6, 6.07) is 0. The van der Waals surface area contributed by atoms with Crippen LogP contribution >= 0.6 is 15.6 Å². The summed E-state index contributed by atoms with van der Waals surface area (Å²) >= 11 is 0. The number of ether oxygens (including phenoxy) is 4. The lowest BCUT2D eigenvalue weighted by molar-refractivity contribution is -0.161. The van der Waals surface area contributed by atoms with Crippen LogP contribution in [0.3, 0.4) is 0 Å². The van der Waals surface area contributed by atoms with Crippen molar-refractivity contribution in [2.45, 2.75) is 362 Å². The molecule has 0 aliphatic rings. The van der Waals surface area contributed by atoms with Gasteiger partial charge in [0.05, 0.1) is 26.4 Å². The highest BCUT2D eigenvalue weighted by Crippen LogP contribution is 2.45. The van der Waals surface area contributed by atoms with E-state index < -0.39 is 97.5 Å². The highest BCUT2D eigenvalue weighted by molar-refractivity contribution is 7.47. The Morgan fingerprint density at radius 3 is 0.864 bits per heavy atom. The standard InChI is InChI=1S/C69H134O17P2/c1-8-10-11-12-13-14-15-21-29-36-43-50-66(71)79-57-65(86-69(74)53-46-39-32-25-24-28-35-42-49-62(7)9-2)59-84-88(77,78)82-55-63(70)54-81-87(75,76)83-58-64(56-80-67(72)51-44-37-30-23-18-20-27-34-41-48-61(5)6)85-68(73)52-45-38-31-22-17-16-19-26-33-40-47-60(3)4/h60-65,70H,8-59H2,1-7H3,(H,75,76)(H,77,78)/t62?,63-,64-,65-/m1/s1. The van der Waals surface area contributed by atoms with Gasteiger partial charge < -0.3 is 33.8 Å². The average Bonchev–Trinajstić information content (AvgIpc) is 3.50. The van der Waals surface area contributed by atoms with Gasteiger partial charge in [0.1, 0.15) is 19.3 Å². The molecule has 0 amide bonds. The van der Waals surface area contributed by atoms with Crippen molar-refractivity contribution < 1.29 is 80.2 Å². The lowest BCUT2D eigenvalue weighted by Crippen LogP contribution is -2.30. The lowest BCUT2D eigenvalue weighted by Gasteiger charge is -2.21. The van der Waals surface area contributed by atoms with Crippen LogP contribution in [0.25, 0.3) is 0 Å². The molecule has 0 aliphatic heterocycles. The number of phosphoric acid groups is 2. The molecule has 0 aliphatic carbocycles. The van der Waals surface area contributed by atoms with E-state index in [9.17, 15) is 43.2 Å². The number of aliphatic hydroxyl groups excluding tert-OH is 1. The molecule has 0 bridgehead atoms. The predicted octanol–water partition coefficient (Wildman–Crippen LogP) is 19.5. The molecule has 88 heavy (non-hydrogen) atoms. The van der Waals surface area contributed by atoms with Crippen molar-refractivity contribution in [3.8, 4) is 0 Å². The number of hydrogen-bond donors (Lipinski definition) is 3. The van der Waals surface area contributed by atoms with Gasteiger partial charge in [-0.25, -0.2) is 9.13 Å². The molecular formula is C69H134O17P2. The number of hydrogen-bond acceptors (Lipinski definition) is 15. The first-order valence-corrected chi connectivity index (χ1v) is 38.9.